The molecule has 108 valence electrons. The topological polar surface area (TPSA) is 74.6 Å². The van der Waals surface area contributed by atoms with Gasteiger partial charge < -0.3 is 10.2 Å². The van der Waals surface area contributed by atoms with Crippen molar-refractivity contribution >= 4 is 23.7 Å². The van der Waals surface area contributed by atoms with E-state index in [1.807, 2.05) is 30.3 Å². The second kappa shape index (κ2) is 6.45. The van der Waals surface area contributed by atoms with Crippen LogP contribution in [0.2, 0.25) is 0 Å². The summed E-state index contributed by atoms with van der Waals surface area (Å²) in [6, 6.07) is 12.7. The molecule has 2 aromatic rings. The van der Waals surface area contributed by atoms with Crippen LogP contribution >= 0.6 is 11.8 Å². The first kappa shape index (κ1) is 15.1. The first-order chi connectivity index (χ1) is 9.99. The summed E-state index contributed by atoms with van der Waals surface area (Å²) < 4.78 is 0. The smallest absolute Gasteiger partial charge is 0.336 e. The Kier molecular flexibility index (Phi) is 4.65. The lowest BCUT2D eigenvalue weighted by Crippen LogP contribution is -2.11. The summed E-state index contributed by atoms with van der Waals surface area (Å²) in [5.74, 6) is -2.02. The maximum Gasteiger partial charge on any atom is 0.336 e. The average Bonchev–Trinajstić information content (AvgIpc) is 2.45. The Balaban J connectivity index is 2.38. The van der Waals surface area contributed by atoms with Gasteiger partial charge in [0.05, 0.1) is 11.1 Å². The zero-order valence-corrected chi connectivity index (χ0v) is 12.2. The molecule has 0 saturated carbocycles. The van der Waals surface area contributed by atoms with Gasteiger partial charge in [0.2, 0.25) is 0 Å². The molecule has 0 spiro atoms. The molecule has 0 atom stereocenters. The minimum atomic E-state index is -1.22. The number of hydrogen-bond donors (Lipinski definition) is 2. The first-order valence-electron chi connectivity index (χ1n) is 6.27. The molecule has 0 amide bonds. The molecule has 0 aliphatic carbocycles. The molecule has 2 rings (SSSR count). The molecule has 4 nitrogen and oxygen atoms in total. The van der Waals surface area contributed by atoms with E-state index >= 15 is 0 Å². The molecule has 0 heterocycles. The van der Waals surface area contributed by atoms with Crippen molar-refractivity contribution in [2.75, 3.05) is 0 Å². The molecule has 2 N–H and O–H groups in total. The molecule has 0 aliphatic heterocycles. The van der Waals surface area contributed by atoms with Gasteiger partial charge in [-0.1, -0.05) is 24.3 Å². The van der Waals surface area contributed by atoms with Crippen LogP contribution in [0.4, 0.5) is 0 Å². The van der Waals surface area contributed by atoms with Gasteiger partial charge in [0.15, 0.2) is 0 Å². The molecular formula is C16H14O4S. The Morgan fingerprint density at radius 1 is 1.05 bits per heavy atom. The van der Waals surface area contributed by atoms with Gasteiger partial charge in [-0.05, 0) is 36.2 Å². The van der Waals surface area contributed by atoms with Gasteiger partial charge in [0.25, 0.3) is 0 Å². The molecule has 0 saturated heterocycles. The highest BCUT2D eigenvalue weighted by Crippen LogP contribution is 2.27. The third kappa shape index (κ3) is 3.64. The quantitative estimate of drug-likeness (QED) is 0.824. The lowest BCUT2D eigenvalue weighted by atomic mass is 9.99. The number of carboxylic acids is 2. The van der Waals surface area contributed by atoms with E-state index in [1.54, 1.807) is 13.0 Å². The van der Waals surface area contributed by atoms with E-state index in [9.17, 15) is 19.8 Å². The summed E-state index contributed by atoms with van der Waals surface area (Å²) in [7, 11) is 0. The first-order valence-corrected chi connectivity index (χ1v) is 7.25. The SMILES string of the molecule is Cc1cc(CSc2ccccc2)c(C(=O)O)c(C(=O)O)c1. The second-order valence-corrected chi connectivity index (χ2v) is 5.61. The number of hydrogen-bond acceptors (Lipinski definition) is 3. The van der Waals surface area contributed by atoms with Crippen molar-refractivity contribution in [1.82, 2.24) is 0 Å². The van der Waals surface area contributed by atoms with Crippen LogP contribution in [0, 0.1) is 6.92 Å². The second-order valence-electron chi connectivity index (χ2n) is 4.56. The summed E-state index contributed by atoms with van der Waals surface area (Å²) in [5.41, 5.74) is 0.970. The average molecular weight is 302 g/mol. The Hall–Kier alpha value is -2.27. The van der Waals surface area contributed by atoms with Crippen molar-refractivity contribution in [3.05, 3.63) is 64.7 Å². The predicted octanol–water partition coefficient (Wildman–Crippen LogP) is 3.68. The molecule has 5 heteroatoms. The number of thioether (sulfide) groups is 1. The predicted molar refractivity (Wildman–Crippen MR) is 81.1 cm³/mol. The van der Waals surface area contributed by atoms with Gasteiger partial charge in [-0.15, -0.1) is 11.8 Å². The largest absolute Gasteiger partial charge is 0.478 e. The van der Waals surface area contributed by atoms with E-state index < -0.39 is 11.9 Å². The van der Waals surface area contributed by atoms with Crippen molar-refractivity contribution in [1.29, 1.82) is 0 Å². The Morgan fingerprint density at radius 2 is 1.71 bits per heavy atom. The molecule has 0 aliphatic rings. The molecule has 0 unspecified atom stereocenters. The van der Waals surface area contributed by atoms with Crippen molar-refractivity contribution in [2.45, 2.75) is 17.6 Å². The zero-order chi connectivity index (χ0) is 15.4. The summed E-state index contributed by atoms with van der Waals surface area (Å²) in [6.45, 7) is 1.76. The van der Waals surface area contributed by atoms with E-state index in [-0.39, 0.29) is 11.1 Å². The number of carboxylic acid groups (broad SMARTS) is 2. The van der Waals surface area contributed by atoms with Crippen LogP contribution in [0.25, 0.3) is 0 Å². The molecule has 2 aromatic carbocycles. The van der Waals surface area contributed by atoms with Crippen molar-refractivity contribution < 1.29 is 19.8 Å². The van der Waals surface area contributed by atoms with Gasteiger partial charge in [0, 0.05) is 10.6 Å². The monoisotopic (exact) mass is 302 g/mol. The Bertz CT molecular complexity index is 680. The standard InChI is InChI=1S/C16H14O4S/c1-10-7-11(9-21-12-5-3-2-4-6-12)14(16(19)20)13(8-10)15(17)18/h2-8H,9H2,1H3,(H,17,18)(H,19,20). The van der Waals surface area contributed by atoms with E-state index in [0.717, 1.165) is 10.5 Å². The molecule has 21 heavy (non-hydrogen) atoms. The van der Waals surface area contributed by atoms with Gasteiger partial charge in [-0.25, -0.2) is 9.59 Å². The maximum absolute atomic E-state index is 11.4. The highest BCUT2D eigenvalue weighted by molar-refractivity contribution is 7.98. The normalized spacial score (nSPS) is 10.3. The number of aromatic carboxylic acids is 2. The summed E-state index contributed by atoms with van der Waals surface area (Å²) in [6.07, 6.45) is 0. The summed E-state index contributed by atoms with van der Waals surface area (Å²) >= 11 is 1.48. The Labute approximate surface area is 126 Å². The van der Waals surface area contributed by atoms with Gasteiger partial charge in [-0.3, -0.25) is 0 Å². The van der Waals surface area contributed by atoms with Crippen LogP contribution in [-0.2, 0) is 5.75 Å². The number of benzene rings is 2. The van der Waals surface area contributed by atoms with Crippen LogP contribution in [0.15, 0.2) is 47.4 Å². The van der Waals surface area contributed by atoms with Crippen molar-refractivity contribution in [2.24, 2.45) is 0 Å². The van der Waals surface area contributed by atoms with Crippen LogP contribution in [0.5, 0.6) is 0 Å². The third-order valence-electron chi connectivity index (χ3n) is 2.95. The Morgan fingerprint density at radius 3 is 2.29 bits per heavy atom. The van der Waals surface area contributed by atoms with Crippen LogP contribution < -0.4 is 0 Å². The van der Waals surface area contributed by atoms with E-state index in [0.29, 0.717) is 11.3 Å². The number of carbonyl (C=O) groups is 2. The zero-order valence-electron chi connectivity index (χ0n) is 11.4. The van der Waals surface area contributed by atoms with E-state index in [2.05, 4.69) is 0 Å². The molecule has 0 bridgehead atoms. The minimum absolute atomic E-state index is 0.128. The fourth-order valence-corrected chi connectivity index (χ4v) is 2.97. The molecular weight excluding hydrogens is 288 g/mol. The molecule has 0 radical (unpaired) electrons. The summed E-state index contributed by atoms with van der Waals surface area (Å²) in [4.78, 5) is 23.6. The van der Waals surface area contributed by atoms with Crippen LogP contribution in [-0.4, -0.2) is 22.2 Å². The van der Waals surface area contributed by atoms with E-state index in [1.165, 1.54) is 17.8 Å². The van der Waals surface area contributed by atoms with Gasteiger partial charge in [0.1, 0.15) is 0 Å². The molecule has 0 aromatic heterocycles. The van der Waals surface area contributed by atoms with Crippen LogP contribution in [0.1, 0.15) is 31.8 Å². The van der Waals surface area contributed by atoms with Gasteiger partial charge in [-0.2, -0.15) is 0 Å². The van der Waals surface area contributed by atoms with Gasteiger partial charge >= 0.3 is 11.9 Å². The lowest BCUT2D eigenvalue weighted by molar-refractivity contribution is 0.0650. The van der Waals surface area contributed by atoms with E-state index in [4.69, 9.17) is 0 Å². The maximum atomic E-state index is 11.4. The lowest BCUT2D eigenvalue weighted by Gasteiger charge is -2.11. The van der Waals surface area contributed by atoms with Crippen molar-refractivity contribution in [3.63, 3.8) is 0 Å². The van der Waals surface area contributed by atoms with Crippen LogP contribution in [0.3, 0.4) is 0 Å². The fraction of sp³-hybridized carbons (Fsp3) is 0.125. The number of aryl methyl sites for hydroxylation is 1. The third-order valence-corrected chi connectivity index (χ3v) is 4.01. The van der Waals surface area contributed by atoms with Crippen molar-refractivity contribution in [3.8, 4) is 0 Å². The minimum Gasteiger partial charge on any atom is -0.478 e. The highest BCUT2D eigenvalue weighted by Gasteiger charge is 2.20. The highest BCUT2D eigenvalue weighted by atomic mass is 32.2. The molecule has 0 fully saturated rings. The fourth-order valence-electron chi connectivity index (χ4n) is 2.07. The number of rotatable bonds is 5. The summed E-state index contributed by atoms with van der Waals surface area (Å²) in [5, 5.41) is 18.5.